The van der Waals surface area contributed by atoms with Crippen molar-refractivity contribution in [1.82, 2.24) is 0 Å². The average Bonchev–Trinajstić information content (AvgIpc) is 2.92. The molecule has 100 valence electrons. The SMILES string of the molecule is CC1(C)C(=O)CC[C@@]2(C)C1=CC(=O)[C@@H]2c1ccoc1. The average molecular weight is 258 g/mol. The van der Waals surface area contributed by atoms with Gasteiger partial charge < -0.3 is 4.42 Å². The Morgan fingerprint density at radius 1 is 1.26 bits per heavy atom. The number of fused-ring (bicyclic) bond motifs is 1. The number of rotatable bonds is 1. The van der Waals surface area contributed by atoms with Crippen LogP contribution in [0.2, 0.25) is 0 Å². The first-order valence-corrected chi connectivity index (χ1v) is 6.69. The second-order valence-electron chi connectivity index (χ2n) is 6.42. The maximum Gasteiger partial charge on any atom is 0.164 e. The van der Waals surface area contributed by atoms with Gasteiger partial charge in [0.25, 0.3) is 0 Å². The van der Waals surface area contributed by atoms with Crippen LogP contribution in [0.3, 0.4) is 0 Å². The van der Waals surface area contributed by atoms with Crippen molar-refractivity contribution in [3.8, 4) is 0 Å². The third kappa shape index (κ3) is 1.50. The van der Waals surface area contributed by atoms with E-state index >= 15 is 0 Å². The summed E-state index contributed by atoms with van der Waals surface area (Å²) >= 11 is 0. The Morgan fingerprint density at radius 3 is 2.63 bits per heavy atom. The molecule has 0 saturated heterocycles. The van der Waals surface area contributed by atoms with E-state index in [1.165, 1.54) is 0 Å². The first kappa shape index (κ1) is 12.4. The standard InChI is InChI=1S/C16H18O3/c1-15(2)12-8-11(17)14(10-5-7-19-9-10)16(12,3)6-4-13(15)18/h5,7-9,14H,4,6H2,1-3H3/t14-,16-/m0/s1. The van der Waals surface area contributed by atoms with E-state index in [0.29, 0.717) is 6.42 Å². The summed E-state index contributed by atoms with van der Waals surface area (Å²) in [6.07, 6.45) is 6.23. The normalized spacial score (nSPS) is 33.2. The summed E-state index contributed by atoms with van der Waals surface area (Å²) in [7, 11) is 0. The largest absolute Gasteiger partial charge is 0.472 e. The van der Waals surface area contributed by atoms with Crippen LogP contribution in [0.25, 0.3) is 0 Å². The molecule has 0 spiro atoms. The van der Waals surface area contributed by atoms with Crippen LogP contribution in [0.4, 0.5) is 0 Å². The highest BCUT2D eigenvalue weighted by Gasteiger charge is 2.56. The lowest BCUT2D eigenvalue weighted by molar-refractivity contribution is -0.129. The minimum atomic E-state index is -0.527. The second-order valence-corrected chi connectivity index (χ2v) is 6.42. The van der Waals surface area contributed by atoms with Crippen LogP contribution in [-0.4, -0.2) is 11.6 Å². The fraction of sp³-hybridized carbons (Fsp3) is 0.500. The second kappa shape index (κ2) is 3.69. The van der Waals surface area contributed by atoms with Gasteiger partial charge in [0.1, 0.15) is 5.78 Å². The van der Waals surface area contributed by atoms with Crippen LogP contribution < -0.4 is 0 Å². The molecule has 0 aliphatic heterocycles. The molecule has 3 nitrogen and oxygen atoms in total. The van der Waals surface area contributed by atoms with Crippen molar-refractivity contribution in [2.24, 2.45) is 10.8 Å². The fourth-order valence-electron chi connectivity index (χ4n) is 3.84. The third-order valence-electron chi connectivity index (χ3n) is 4.94. The van der Waals surface area contributed by atoms with Gasteiger partial charge in [0.15, 0.2) is 5.78 Å². The molecule has 1 aromatic heterocycles. The van der Waals surface area contributed by atoms with E-state index in [1.54, 1.807) is 18.6 Å². The number of Topliss-reactive ketones (excluding diaryl/α,β-unsaturated/α-hetero) is 1. The molecule has 3 heteroatoms. The highest BCUT2D eigenvalue weighted by molar-refractivity contribution is 6.03. The van der Waals surface area contributed by atoms with Crippen LogP contribution in [0.1, 0.15) is 45.1 Å². The van der Waals surface area contributed by atoms with E-state index in [9.17, 15) is 9.59 Å². The number of carbonyl (C=O) groups is 2. The molecule has 0 unspecified atom stereocenters. The van der Waals surface area contributed by atoms with Crippen molar-refractivity contribution in [3.05, 3.63) is 35.8 Å². The maximum atomic E-state index is 12.4. The summed E-state index contributed by atoms with van der Waals surface area (Å²) in [5.41, 5.74) is 1.14. The molecule has 2 aliphatic rings. The zero-order valence-corrected chi connectivity index (χ0v) is 11.5. The lowest BCUT2D eigenvalue weighted by atomic mass is 9.57. The summed E-state index contributed by atoms with van der Waals surface area (Å²) in [6, 6.07) is 1.86. The van der Waals surface area contributed by atoms with E-state index in [0.717, 1.165) is 17.6 Å². The van der Waals surface area contributed by atoms with Gasteiger partial charge in [-0.3, -0.25) is 9.59 Å². The van der Waals surface area contributed by atoms with Crippen molar-refractivity contribution in [1.29, 1.82) is 0 Å². The molecule has 0 radical (unpaired) electrons. The Bertz CT molecular complexity index is 577. The quantitative estimate of drug-likeness (QED) is 0.776. The van der Waals surface area contributed by atoms with Crippen LogP contribution in [0, 0.1) is 10.8 Å². The van der Waals surface area contributed by atoms with E-state index in [-0.39, 0.29) is 22.9 Å². The van der Waals surface area contributed by atoms with E-state index in [1.807, 2.05) is 19.9 Å². The number of hydrogen-bond acceptors (Lipinski definition) is 3. The van der Waals surface area contributed by atoms with Crippen molar-refractivity contribution in [3.63, 3.8) is 0 Å². The number of ketones is 2. The zero-order chi connectivity index (χ0) is 13.8. The van der Waals surface area contributed by atoms with Crippen molar-refractivity contribution < 1.29 is 14.0 Å². The minimum Gasteiger partial charge on any atom is -0.472 e. The predicted molar refractivity (Wildman–Crippen MR) is 70.7 cm³/mol. The van der Waals surface area contributed by atoms with E-state index in [2.05, 4.69) is 6.92 Å². The summed E-state index contributed by atoms with van der Waals surface area (Å²) < 4.78 is 5.13. The van der Waals surface area contributed by atoms with Gasteiger partial charge in [-0.2, -0.15) is 0 Å². The van der Waals surface area contributed by atoms with Crippen molar-refractivity contribution in [2.75, 3.05) is 0 Å². The number of hydrogen-bond donors (Lipinski definition) is 0. The third-order valence-corrected chi connectivity index (χ3v) is 4.94. The molecular weight excluding hydrogens is 240 g/mol. The molecule has 0 amide bonds. The van der Waals surface area contributed by atoms with Gasteiger partial charge in [0.2, 0.25) is 0 Å². The van der Waals surface area contributed by atoms with Gasteiger partial charge in [0, 0.05) is 22.8 Å². The predicted octanol–water partition coefficient (Wildman–Crippen LogP) is 3.27. The molecule has 1 saturated carbocycles. The Morgan fingerprint density at radius 2 is 2.00 bits per heavy atom. The Hall–Kier alpha value is -1.64. The molecule has 19 heavy (non-hydrogen) atoms. The fourth-order valence-corrected chi connectivity index (χ4v) is 3.84. The Balaban J connectivity index is 2.12. The van der Waals surface area contributed by atoms with Crippen molar-refractivity contribution in [2.45, 2.75) is 39.5 Å². The minimum absolute atomic E-state index is 0.0988. The maximum absolute atomic E-state index is 12.4. The van der Waals surface area contributed by atoms with Crippen LogP contribution in [-0.2, 0) is 9.59 Å². The Kier molecular flexibility index (Phi) is 2.40. The highest BCUT2D eigenvalue weighted by Crippen LogP contribution is 2.59. The number of furan rings is 1. The summed E-state index contributed by atoms with van der Waals surface area (Å²) in [5.74, 6) is 0.132. The van der Waals surface area contributed by atoms with Crippen LogP contribution in [0.15, 0.2) is 34.7 Å². The van der Waals surface area contributed by atoms with Crippen LogP contribution >= 0.6 is 0 Å². The first-order chi connectivity index (χ1) is 8.87. The van der Waals surface area contributed by atoms with Gasteiger partial charge in [-0.15, -0.1) is 0 Å². The lowest BCUT2D eigenvalue weighted by Gasteiger charge is -2.44. The molecular formula is C16H18O3. The molecule has 0 bridgehead atoms. The van der Waals surface area contributed by atoms with E-state index in [4.69, 9.17) is 4.42 Å². The molecule has 1 heterocycles. The van der Waals surface area contributed by atoms with Gasteiger partial charge in [-0.05, 0) is 38.0 Å². The summed E-state index contributed by atoms with van der Waals surface area (Å²) in [6.45, 7) is 5.98. The zero-order valence-electron chi connectivity index (χ0n) is 11.5. The summed E-state index contributed by atoms with van der Waals surface area (Å²) in [5, 5.41) is 0. The smallest absolute Gasteiger partial charge is 0.164 e. The van der Waals surface area contributed by atoms with Gasteiger partial charge in [0.05, 0.1) is 18.4 Å². The molecule has 2 atom stereocenters. The van der Waals surface area contributed by atoms with Crippen LogP contribution in [0.5, 0.6) is 0 Å². The lowest BCUT2D eigenvalue weighted by Crippen LogP contribution is -2.41. The first-order valence-electron chi connectivity index (χ1n) is 6.69. The summed E-state index contributed by atoms with van der Waals surface area (Å²) in [4.78, 5) is 24.5. The number of allylic oxidation sites excluding steroid dienone is 2. The number of carbonyl (C=O) groups excluding carboxylic acids is 2. The molecule has 3 rings (SSSR count). The Labute approximate surface area is 112 Å². The van der Waals surface area contributed by atoms with E-state index < -0.39 is 5.41 Å². The molecule has 1 fully saturated rings. The molecule has 0 N–H and O–H groups in total. The monoisotopic (exact) mass is 258 g/mol. The molecule has 0 aromatic carbocycles. The van der Waals surface area contributed by atoms with Gasteiger partial charge in [-0.25, -0.2) is 0 Å². The van der Waals surface area contributed by atoms with Gasteiger partial charge in [-0.1, -0.05) is 6.92 Å². The molecule has 2 aliphatic carbocycles. The van der Waals surface area contributed by atoms with Gasteiger partial charge >= 0.3 is 0 Å². The highest BCUT2D eigenvalue weighted by atomic mass is 16.3. The topological polar surface area (TPSA) is 47.3 Å². The van der Waals surface area contributed by atoms with Crippen molar-refractivity contribution >= 4 is 11.6 Å². The molecule has 1 aromatic rings.